The molecular weight excluding hydrogens is 272 g/mol. The van der Waals surface area contributed by atoms with E-state index in [1.165, 1.54) is 22.3 Å². The number of nitrogens with two attached hydrogens (primary N) is 1. The predicted octanol–water partition coefficient (Wildman–Crippen LogP) is 3.14. The van der Waals surface area contributed by atoms with Crippen LogP contribution in [0.15, 0.2) is 42.5 Å². The van der Waals surface area contributed by atoms with Gasteiger partial charge in [-0.25, -0.2) is 0 Å². The number of benzene rings is 2. The molecule has 0 bridgehead atoms. The lowest BCUT2D eigenvalue weighted by molar-refractivity contribution is 0.414. The van der Waals surface area contributed by atoms with Gasteiger partial charge in [0.1, 0.15) is 5.75 Å². The van der Waals surface area contributed by atoms with Crippen molar-refractivity contribution in [1.82, 2.24) is 5.32 Å². The van der Waals surface area contributed by atoms with Gasteiger partial charge >= 0.3 is 0 Å². The van der Waals surface area contributed by atoms with Crippen molar-refractivity contribution in [2.24, 2.45) is 5.73 Å². The molecule has 0 aromatic heterocycles. The minimum Gasteiger partial charge on any atom is -0.497 e. The van der Waals surface area contributed by atoms with Gasteiger partial charge in [-0.3, -0.25) is 0 Å². The zero-order valence-corrected chi connectivity index (χ0v) is 13.7. The second kappa shape index (κ2) is 7.97. The standard InChI is InChI=1S/C19H26N2O/c1-14-4-7-17(12-15(14)2)19(13-20)21-11-10-16-5-8-18(22-3)9-6-16/h4-9,12,19,21H,10-11,13,20H2,1-3H3. The summed E-state index contributed by atoms with van der Waals surface area (Å²) in [5.74, 6) is 0.895. The summed E-state index contributed by atoms with van der Waals surface area (Å²) in [6.45, 7) is 5.78. The van der Waals surface area contributed by atoms with E-state index < -0.39 is 0 Å². The van der Waals surface area contributed by atoms with Crippen molar-refractivity contribution in [3.8, 4) is 5.75 Å². The number of rotatable bonds is 7. The van der Waals surface area contributed by atoms with Crippen LogP contribution in [0.2, 0.25) is 0 Å². The number of aryl methyl sites for hydroxylation is 2. The van der Waals surface area contributed by atoms with Gasteiger partial charge in [-0.15, -0.1) is 0 Å². The van der Waals surface area contributed by atoms with E-state index in [9.17, 15) is 0 Å². The highest BCUT2D eigenvalue weighted by Crippen LogP contribution is 2.17. The van der Waals surface area contributed by atoms with Crippen LogP contribution in [-0.2, 0) is 6.42 Å². The second-order valence-corrected chi connectivity index (χ2v) is 5.68. The fraction of sp³-hybridized carbons (Fsp3) is 0.368. The maximum atomic E-state index is 5.93. The number of hydrogen-bond donors (Lipinski definition) is 2. The Morgan fingerprint density at radius 3 is 2.36 bits per heavy atom. The van der Waals surface area contributed by atoms with Crippen molar-refractivity contribution in [1.29, 1.82) is 0 Å². The van der Waals surface area contributed by atoms with E-state index >= 15 is 0 Å². The molecule has 0 aliphatic heterocycles. The van der Waals surface area contributed by atoms with Crippen LogP contribution in [0.5, 0.6) is 5.75 Å². The Labute approximate surface area is 133 Å². The van der Waals surface area contributed by atoms with Crippen LogP contribution in [0.3, 0.4) is 0 Å². The average Bonchev–Trinajstić information content (AvgIpc) is 2.55. The zero-order chi connectivity index (χ0) is 15.9. The van der Waals surface area contributed by atoms with Gasteiger partial charge in [-0.05, 0) is 61.2 Å². The third-order valence-electron chi connectivity index (χ3n) is 4.13. The smallest absolute Gasteiger partial charge is 0.118 e. The molecule has 0 aliphatic rings. The van der Waals surface area contributed by atoms with Crippen LogP contribution in [-0.4, -0.2) is 20.2 Å². The first kappa shape index (κ1) is 16.5. The van der Waals surface area contributed by atoms with Crippen LogP contribution in [0, 0.1) is 13.8 Å². The van der Waals surface area contributed by atoms with E-state index in [-0.39, 0.29) is 6.04 Å². The molecule has 0 saturated heterocycles. The summed E-state index contributed by atoms with van der Waals surface area (Å²) >= 11 is 0. The van der Waals surface area contributed by atoms with Gasteiger partial charge in [0.15, 0.2) is 0 Å². The summed E-state index contributed by atoms with van der Waals surface area (Å²) < 4.78 is 5.18. The van der Waals surface area contributed by atoms with Crippen molar-refractivity contribution in [3.05, 3.63) is 64.7 Å². The summed E-state index contributed by atoms with van der Waals surface area (Å²) in [6, 6.07) is 15.0. The topological polar surface area (TPSA) is 47.3 Å². The predicted molar refractivity (Wildman–Crippen MR) is 92.4 cm³/mol. The lowest BCUT2D eigenvalue weighted by Gasteiger charge is -2.18. The van der Waals surface area contributed by atoms with Crippen molar-refractivity contribution in [2.75, 3.05) is 20.2 Å². The molecule has 3 N–H and O–H groups in total. The lowest BCUT2D eigenvalue weighted by atomic mass is 10.0. The molecule has 3 heteroatoms. The molecule has 3 nitrogen and oxygen atoms in total. The van der Waals surface area contributed by atoms with Crippen molar-refractivity contribution in [3.63, 3.8) is 0 Å². The van der Waals surface area contributed by atoms with Crippen molar-refractivity contribution < 1.29 is 4.74 Å². The first-order valence-electron chi connectivity index (χ1n) is 7.77. The third-order valence-corrected chi connectivity index (χ3v) is 4.13. The fourth-order valence-corrected chi connectivity index (χ4v) is 2.50. The highest BCUT2D eigenvalue weighted by atomic mass is 16.5. The molecule has 0 radical (unpaired) electrons. The number of hydrogen-bond acceptors (Lipinski definition) is 3. The van der Waals surface area contributed by atoms with Crippen LogP contribution in [0.1, 0.15) is 28.3 Å². The molecule has 2 rings (SSSR count). The van der Waals surface area contributed by atoms with Crippen molar-refractivity contribution >= 4 is 0 Å². The summed E-state index contributed by atoms with van der Waals surface area (Å²) in [7, 11) is 1.69. The SMILES string of the molecule is COc1ccc(CCNC(CN)c2ccc(C)c(C)c2)cc1. The molecule has 22 heavy (non-hydrogen) atoms. The molecule has 1 unspecified atom stereocenters. The summed E-state index contributed by atoms with van der Waals surface area (Å²) in [5, 5.41) is 3.55. The average molecular weight is 298 g/mol. The normalized spacial score (nSPS) is 12.2. The number of methoxy groups -OCH3 is 1. The monoisotopic (exact) mass is 298 g/mol. The van der Waals surface area contributed by atoms with Crippen LogP contribution >= 0.6 is 0 Å². The van der Waals surface area contributed by atoms with E-state index in [0.717, 1.165) is 18.7 Å². The largest absolute Gasteiger partial charge is 0.497 e. The van der Waals surface area contributed by atoms with Crippen molar-refractivity contribution in [2.45, 2.75) is 26.3 Å². The van der Waals surface area contributed by atoms with E-state index in [1.807, 2.05) is 12.1 Å². The molecule has 0 spiro atoms. The summed E-state index contributed by atoms with van der Waals surface area (Å²) in [4.78, 5) is 0. The minimum absolute atomic E-state index is 0.206. The number of ether oxygens (including phenoxy) is 1. The zero-order valence-electron chi connectivity index (χ0n) is 13.7. The van der Waals surface area contributed by atoms with Gasteiger partial charge in [0.05, 0.1) is 7.11 Å². The van der Waals surface area contributed by atoms with E-state index in [4.69, 9.17) is 10.5 Å². The molecule has 1 atom stereocenters. The molecule has 118 valence electrons. The van der Waals surface area contributed by atoms with Crippen LogP contribution in [0.25, 0.3) is 0 Å². The van der Waals surface area contributed by atoms with Crippen LogP contribution in [0.4, 0.5) is 0 Å². The first-order chi connectivity index (χ1) is 10.6. The van der Waals surface area contributed by atoms with Gasteiger partial charge in [0.25, 0.3) is 0 Å². The second-order valence-electron chi connectivity index (χ2n) is 5.68. The Bertz CT molecular complexity index is 593. The maximum Gasteiger partial charge on any atom is 0.118 e. The highest BCUT2D eigenvalue weighted by Gasteiger charge is 2.09. The Hall–Kier alpha value is -1.84. The van der Waals surface area contributed by atoms with E-state index in [2.05, 4.69) is 49.5 Å². The van der Waals surface area contributed by atoms with Gasteiger partial charge < -0.3 is 15.8 Å². The van der Waals surface area contributed by atoms with Gasteiger partial charge in [0.2, 0.25) is 0 Å². The Balaban J connectivity index is 1.91. The number of nitrogens with one attached hydrogen (secondary N) is 1. The minimum atomic E-state index is 0.206. The molecule has 2 aromatic carbocycles. The molecule has 0 saturated carbocycles. The third kappa shape index (κ3) is 4.33. The summed E-state index contributed by atoms with van der Waals surface area (Å²) in [6.07, 6.45) is 0.978. The van der Waals surface area contributed by atoms with Gasteiger partial charge in [0, 0.05) is 12.6 Å². The molecule has 2 aromatic rings. The summed E-state index contributed by atoms with van der Waals surface area (Å²) in [5.41, 5.74) is 11.1. The highest BCUT2D eigenvalue weighted by molar-refractivity contribution is 5.32. The Kier molecular flexibility index (Phi) is 5.99. The van der Waals surface area contributed by atoms with Crippen LogP contribution < -0.4 is 15.8 Å². The maximum absolute atomic E-state index is 5.93. The molecule has 0 fully saturated rings. The quantitative estimate of drug-likeness (QED) is 0.825. The molecular formula is C19H26N2O. The van der Waals surface area contributed by atoms with E-state index in [1.54, 1.807) is 7.11 Å². The Morgan fingerprint density at radius 1 is 1.05 bits per heavy atom. The van der Waals surface area contributed by atoms with Gasteiger partial charge in [-0.2, -0.15) is 0 Å². The fourth-order valence-electron chi connectivity index (χ4n) is 2.50. The van der Waals surface area contributed by atoms with E-state index in [0.29, 0.717) is 6.54 Å². The molecule has 0 heterocycles. The first-order valence-corrected chi connectivity index (χ1v) is 7.77. The van der Waals surface area contributed by atoms with Gasteiger partial charge in [-0.1, -0.05) is 30.3 Å². The lowest BCUT2D eigenvalue weighted by Crippen LogP contribution is -2.29. The Morgan fingerprint density at radius 2 is 1.77 bits per heavy atom. The molecule has 0 amide bonds. The molecule has 0 aliphatic carbocycles.